The van der Waals surface area contributed by atoms with Crippen LogP contribution in [-0.4, -0.2) is 4.98 Å². The minimum absolute atomic E-state index is 0.360. The van der Waals surface area contributed by atoms with Crippen molar-refractivity contribution in [2.45, 2.75) is 32.7 Å². The lowest BCUT2D eigenvalue weighted by atomic mass is 10.1. The second-order valence-corrected chi connectivity index (χ2v) is 5.82. The van der Waals surface area contributed by atoms with Gasteiger partial charge in [-0.25, -0.2) is 4.98 Å². The summed E-state index contributed by atoms with van der Waals surface area (Å²) >= 11 is 1.73. The molecule has 0 fully saturated rings. The van der Waals surface area contributed by atoms with Crippen molar-refractivity contribution in [3.05, 3.63) is 40.2 Å². The van der Waals surface area contributed by atoms with Gasteiger partial charge in [0.2, 0.25) is 0 Å². The van der Waals surface area contributed by atoms with Gasteiger partial charge in [0.1, 0.15) is 5.01 Å². The molecule has 2 rings (SSSR count). The lowest BCUT2D eigenvalue weighted by Crippen LogP contribution is -2.28. The highest BCUT2D eigenvalue weighted by Gasteiger charge is 2.21. The third-order valence-electron chi connectivity index (χ3n) is 2.62. The Labute approximate surface area is 107 Å². The first-order chi connectivity index (χ1) is 8.02. The molecule has 0 aliphatic carbocycles. The molecule has 3 heteroatoms. The van der Waals surface area contributed by atoms with Crippen LogP contribution < -0.4 is 5.73 Å². The highest BCUT2D eigenvalue weighted by molar-refractivity contribution is 7.12. The number of benzene rings is 1. The molecule has 1 aromatic heterocycles. The second-order valence-electron chi connectivity index (χ2n) is 4.73. The maximum absolute atomic E-state index is 6.12. The molecule has 0 bridgehead atoms. The zero-order valence-corrected chi connectivity index (χ0v) is 11.3. The van der Waals surface area contributed by atoms with Gasteiger partial charge in [0, 0.05) is 10.4 Å². The van der Waals surface area contributed by atoms with Crippen LogP contribution in [0.25, 0.3) is 11.3 Å². The van der Waals surface area contributed by atoms with Gasteiger partial charge in [0.15, 0.2) is 0 Å². The van der Waals surface area contributed by atoms with Crippen molar-refractivity contribution in [1.82, 2.24) is 4.98 Å². The second kappa shape index (κ2) is 4.59. The fourth-order valence-corrected chi connectivity index (χ4v) is 2.73. The molecule has 0 spiro atoms. The van der Waals surface area contributed by atoms with Crippen LogP contribution in [0.15, 0.2) is 30.3 Å². The van der Waals surface area contributed by atoms with Crippen LogP contribution in [0.2, 0.25) is 0 Å². The summed E-state index contributed by atoms with van der Waals surface area (Å²) in [6.45, 7) is 6.16. The maximum atomic E-state index is 6.12. The summed E-state index contributed by atoms with van der Waals surface area (Å²) in [5, 5.41) is 1.01. The van der Waals surface area contributed by atoms with Crippen LogP contribution in [0, 0.1) is 0 Å². The van der Waals surface area contributed by atoms with Gasteiger partial charge in [0.25, 0.3) is 0 Å². The minimum Gasteiger partial charge on any atom is -0.320 e. The van der Waals surface area contributed by atoms with E-state index in [-0.39, 0.29) is 5.54 Å². The Bertz CT molecular complexity index is 495. The van der Waals surface area contributed by atoms with Gasteiger partial charge >= 0.3 is 0 Å². The molecule has 2 aromatic rings. The monoisotopic (exact) mass is 246 g/mol. The molecule has 1 heterocycles. The van der Waals surface area contributed by atoms with Crippen molar-refractivity contribution in [2.75, 3.05) is 0 Å². The van der Waals surface area contributed by atoms with E-state index in [1.807, 2.05) is 32.0 Å². The molecule has 0 amide bonds. The molecule has 0 saturated heterocycles. The molecule has 2 N–H and O–H groups in total. The van der Waals surface area contributed by atoms with Crippen LogP contribution in [0.1, 0.15) is 30.7 Å². The van der Waals surface area contributed by atoms with Crippen LogP contribution in [0.3, 0.4) is 0 Å². The van der Waals surface area contributed by atoms with E-state index >= 15 is 0 Å². The summed E-state index contributed by atoms with van der Waals surface area (Å²) in [4.78, 5) is 6.03. The third-order valence-corrected chi connectivity index (χ3v) is 4.16. The Morgan fingerprint density at radius 2 is 1.88 bits per heavy atom. The van der Waals surface area contributed by atoms with E-state index < -0.39 is 0 Å². The van der Waals surface area contributed by atoms with Gasteiger partial charge in [-0.2, -0.15) is 0 Å². The van der Waals surface area contributed by atoms with Crippen molar-refractivity contribution in [1.29, 1.82) is 0 Å². The van der Waals surface area contributed by atoms with Crippen molar-refractivity contribution in [3.63, 3.8) is 0 Å². The number of nitrogens with two attached hydrogens (primary N) is 1. The Balaban J connectivity index is 2.51. The van der Waals surface area contributed by atoms with Crippen LogP contribution in [-0.2, 0) is 12.0 Å². The highest BCUT2D eigenvalue weighted by Crippen LogP contribution is 2.32. The molecule has 90 valence electrons. The van der Waals surface area contributed by atoms with Crippen LogP contribution >= 0.6 is 11.3 Å². The standard InChI is InChI=1S/C14H18N2S/c1-4-11-12(10-8-6-5-7-9-10)16-13(17-11)14(2,3)15/h5-9H,4,15H2,1-3H3. The van der Waals surface area contributed by atoms with E-state index in [2.05, 4.69) is 19.1 Å². The third kappa shape index (κ3) is 2.56. The largest absolute Gasteiger partial charge is 0.320 e. The van der Waals surface area contributed by atoms with Gasteiger partial charge < -0.3 is 5.73 Å². The number of aryl methyl sites for hydroxylation is 1. The van der Waals surface area contributed by atoms with E-state index in [1.165, 1.54) is 10.4 Å². The lowest BCUT2D eigenvalue weighted by Gasteiger charge is -2.13. The first-order valence-corrected chi connectivity index (χ1v) is 6.68. The summed E-state index contributed by atoms with van der Waals surface area (Å²) in [5.74, 6) is 0. The average Bonchev–Trinajstić information content (AvgIpc) is 2.73. The SMILES string of the molecule is CCc1sc(C(C)(C)N)nc1-c1ccccc1. The fourth-order valence-electron chi connectivity index (χ4n) is 1.69. The summed E-state index contributed by atoms with van der Waals surface area (Å²) in [7, 11) is 0. The summed E-state index contributed by atoms with van der Waals surface area (Å²) in [5.41, 5.74) is 8.03. The summed E-state index contributed by atoms with van der Waals surface area (Å²) < 4.78 is 0. The van der Waals surface area contributed by atoms with Crippen molar-refractivity contribution in [2.24, 2.45) is 5.73 Å². The van der Waals surface area contributed by atoms with Gasteiger partial charge in [-0.1, -0.05) is 37.3 Å². The van der Waals surface area contributed by atoms with Gasteiger partial charge in [0.05, 0.1) is 11.2 Å². The number of hydrogen-bond donors (Lipinski definition) is 1. The fraction of sp³-hybridized carbons (Fsp3) is 0.357. The average molecular weight is 246 g/mol. The van der Waals surface area contributed by atoms with E-state index in [1.54, 1.807) is 11.3 Å². The predicted molar refractivity (Wildman–Crippen MR) is 74.1 cm³/mol. The Kier molecular flexibility index (Phi) is 3.31. The van der Waals surface area contributed by atoms with E-state index in [0.29, 0.717) is 0 Å². The molecule has 17 heavy (non-hydrogen) atoms. The van der Waals surface area contributed by atoms with E-state index in [4.69, 9.17) is 10.7 Å². The molecule has 0 atom stereocenters. The van der Waals surface area contributed by atoms with Crippen molar-refractivity contribution in [3.8, 4) is 11.3 Å². The topological polar surface area (TPSA) is 38.9 Å². The maximum Gasteiger partial charge on any atom is 0.113 e. The summed E-state index contributed by atoms with van der Waals surface area (Å²) in [6.07, 6.45) is 0.998. The van der Waals surface area contributed by atoms with E-state index in [0.717, 1.165) is 17.1 Å². The minimum atomic E-state index is -0.360. The first kappa shape index (κ1) is 12.3. The van der Waals surface area contributed by atoms with Gasteiger partial charge in [-0.3, -0.25) is 0 Å². The number of nitrogens with zero attached hydrogens (tertiary/aromatic N) is 1. The smallest absolute Gasteiger partial charge is 0.113 e. The van der Waals surface area contributed by atoms with Crippen molar-refractivity contribution < 1.29 is 0 Å². The molecule has 0 aliphatic rings. The quantitative estimate of drug-likeness (QED) is 0.899. The molecule has 1 aromatic carbocycles. The zero-order valence-electron chi connectivity index (χ0n) is 10.5. The van der Waals surface area contributed by atoms with Crippen LogP contribution in [0.4, 0.5) is 0 Å². The number of rotatable bonds is 3. The molecule has 0 saturated carbocycles. The Morgan fingerprint density at radius 1 is 1.24 bits per heavy atom. The van der Waals surface area contributed by atoms with Crippen molar-refractivity contribution >= 4 is 11.3 Å². The molecular weight excluding hydrogens is 228 g/mol. The van der Waals surface area contributed by atoms with Crippen LogP contribution in [0.5, 0.6) is 0 Å². The number of aromatic nitrogens is 1. The predicted octanol–water partition coefficient (Wildman–Crippen LogP) is 3.57. The van der Waals surface area contributed by atoms with Gasteiger partial charge in [-0.15, -0.1) is 11.3 Å². The molecule has 0 unspecified atom stereocenters. The highest BCUT2D eigenvalue weighted by atomic mass is 32.1. The molecular formula is C14H18N2S. The Hall–Kier alpha value is -1.19. The van der Waals surface area contributed by atoms with Gasteiger partial charge in [-0.05, 0) is 20.3 Å². The molecule has 2 nitrogen and oxygen atoms in total. The number of hydrogen-bond acceptors (Lipinski definition) is 3. The normalized spacial score (nSPS) is 11.8. The first-order valence-electron chi connectivity index (χ1n) is 5.87. The molecule has 0 aliphatic heterocycles. The molecule has 0 radical (unpaired) electrons. The Morgan fingerprint density at radius 3 is 2.41 bits per heavy atom. The zero-order chi connectivity index (χ0) is 12.5. The van der Waals surface area contributed by atoms with E-state index in [9.17, 15) is 0 Å². The number of thiazole rings is 1. The summed E-state index contributed by atoms with van der Waals surface area (Å²) in [6, 6.07) is 10.3. The lowest BCUT2D eigenvalue weighted by molar-refractivity contribution is 0.551.